The van der Waals surface area contributed by atoms with Gasteiger partial charge in [-0.25, -0.2) is 0 Å². The molecule has 0 aliphatic carbocycles. The van der Waals surface area contributed by atoms with E-state index in [1.165, 1.54) is 0 Å². The van der Waals surface area contributed by atoms with E-state index in [2.05, 4.69) is 15.3 Å². The van der Waals surface area contributed by atoms with E-state index < -0.39 is 0 Å². The Morgan fingerprint density at radius 2 is 1.90 bits per heavy atom. The van der Waals surface area contributed by atoms with Crippen molar-refractivity contribution in [2.45, 2.75) is 27.2 Å². The number of aromatic nitrogens is 2. The summed E-state index contributed by atoms with van der Waals surface area (Å²) in [4.78, 5) is 30.4. The highest BCUT2D eigenvalue weighted by Crippen LogP contribution is 2.21. The molecule has 2 heterocycles. The third-order valence-corrected chi connectivity index (χ3v) is 2.88. The summed E-state index contributed by atoms with van der Waals surface area (Å²) in [5, 5.41) is 2.68. The van der Waals surface area contributed by atoms with Crippen LogP contribution in [0.1, 0.15) is 27.2 Å². The molecular weight excluding hydrogens is 266 g/mol. The van der Waals surface area contributed by atoms with E-state index in [9.17, 15) is 9.59 Å². The van der Waals surface area contributed by atoms with E-state index in [0.29, 0.717) is 6.42 Å². The fourth-order valence-electron chi connectivity index (χ4n) is 1.96. The molecule has 0 aliphatic heterocycles. The second-order valence-electron chi connectivity index (χ2n) is 6.15. The Labute approximate surface area is 123 Å². The molecule has 0 spiro atoms. The van der Waals surface area contributed by atoms with Gasteiger partial charge in [0.1, 0.15) is 5.69 Å². The van der Waals surface area contributed by atoms with Gasteiger partial charge in [-0.05, 0) is 29.2 Å². The zero-order valence-corrected chi connectivity index (χ0v) is 12.4. The molecule has 0 aliphatic rings. The van der Waals surface area contributed by atoms with Gasteiger partial charge in [0.05, 0.1) is 0 Å². The molecule has 2 rings (SSSR count). The molecule has 2 aromatic rings. The van der Waals surface area contributed by atoms with Gasteiger partial charge in [-0.2, -0.15) is 0 Å². The Morgan fingerprint density at radius 1 is 1.24 bits per heavy atom. The monoisotopic (exact) mass is 285 g/mol. The van der Waals surface area contributed by atoms with Crippen molar-refractivity contribution in [3.8, 4) is 11.1 Å². The number of rotatable bonds is 3. The van der Waals surface area contributed by atoms with Crippen molar-refractivity contribution in [1.29, 1.82) is 0 Å². The standard InChI is InChI=1S/C16H19N3O2/c1-16(2,3)9-14(20)19-13-8-12(10-18-15(13)21)11-4-6-17-7-5-11/h4-8,10H,9H2,1-3H3,(H,18,21)(H,19,20). The maximum atomic E-state index is 12.0. The minimum atomic E-state index is -0.310. The van der Waals surface area contributed by atoms with Crippen molar-refractivity contribution in [2.75, 3.05) is 5.32 Å². The van der Waals surface area contributed by atoms with Crippen molar-refractivity contribution in [2.24, 2.45) is 5.41 Å². The van der Waals surface area contributed by atoms with Crippen molar-refractivity contribution < 1.29 is 4.79 Å². The maximum absolute atomic E-state index is 12.0. The van der Waals surface area contributed by atoms with Crippen LogP contribution in [0, 0.1) is 5.41 Å². The summed E-state index contributed by atoms with van der Waals surface area (Å²) in [6, 6.07) is 5.36. The van der Waals surface area contributed by atoms with Crippen LogP contribution in [0.25, 0.3) is 11.1 Å². The molecule has 0 bridgehead atoms. The number of hydrogen-bond donors (Lipinski definition) is 2. The predicted octanol–water partition coefficient (Wildman–Crippen LogP) is 2.81. The SMILES string of the molecule is CC(C)(C)CC(=O)Nc1cc(-c2ccncc2)c[nH]c1=O. The molecule has 0 fully saturated rings. The summed E-state index contributed by atoms with van der Waals surface area (Å²) >= 11 is 0. The molecule has 21 heavy (non-hydrogen) atoms. The predicted molar refractivity (Wildman–Crippen MR) is 83.0 cm³/mol. The van der Waals surface area contributed by atoms with Crippen molar-refractivity contribution in [1.82, 2.24) is 9.97 Å². The smallest absolute Gasteiger partial charge is 0.271 e. The van der Waals surface area contributed by atoms with Gasteiger partial charge in [-0.1, -0.05) is 20.8 Å². The number of carbonyl (C=O) groups excluding carboxylic acids is 1. The number of nitrogens with one attached hydrogen (secondary N) is 2. The van der Waals surface area contributed by atoms with E-state index in [1.807, 2.05) is 32.9 Å². The topological polar surface area (TPSA) is 74.8 Å². The molecule has 0 atom stereocenters. The second kappa shape index (κ2) is 5.91. The molecule has 2 aromatic heterocycles. The van der Waals surface area contributed by atoms with Gasteiger partial charge in [0.25, 0.3) is 5.56 Å². The minimum absolute atomic E-state index is 0.125. The lowest BCUT2D eigenvalue weighted by molar-refractivity contribution is -0.117. The first-order chi connectivity index (χ1) is 9.85. The zero-order valence-electron chi connectivity index (χ0n) is 12.4. The average Bonchev–Trinajstić information content (AvgIpc) is 2.40. The molecular formula is C16H19N3O2. The molecule has 2 N–H and O–H groups in total. The highest BCUT2D eigenvalue weighted by atomic mass is 16.2. The number of H-pyrrole nitrogens is 1. The first kappa shape index (κ1) is 15.0. The first-order valence-corrected chi connectivity index (χ1v) is 6.78. The molecule has 1 amide bonds. The van der Waals surface area contributed by atoms with Crippen LogP contribution in [0.3, 0.4) is 0 Å². The van der Waals surface area contributed by atoms with Crippen LogP contribution < -0.4 is 10.9 Å². The number of amides is 1. The Balaban J connectivity index is 2.25. The maximum Gasteiger partial charge on any atom is 0.271 e. The number of aromatic amines is 1. The van der Waals surface area contributed by atoms with Gasteiger partial charge in [0, 0.05) is 30.6 Å². The number of nitrogens with zero attached hydrogens (tertiary/aromatic N) is 1. The Hall–Kier alpha value is -2.43. The van der Waals surface area contributed by atoms with Crippen LogP contribution >= 0.6 is 0 Å². The first-order valence-electron chi connectivity index (χ1n) is 6.78. The summed E-state index contributed by atoms with van der Waals surface area (Å²) in [5.74, 6) is -0.167. The third kappa shape index (κ3) is 4.27. The fourth-order valence-corrected chi connectivity index (χ4v) is 1.96. The Kier molecular flexibility index (Phi) is 4.21. The van der Waals surface area contributed by atoms with Crippen molar-refractivity contribution in [3.05, 3.63) is 47.1 Å². The van der Waals surface area contributed by atoms with Crippen LogP contribution in [0.4, 0.5) is 5.69 Å². The van der Waals surface area contributed by atoms with Gasteiger partial charge in [-0.3, -0.25) is 14.6 Å². The summed E-state index contributed by atoms with van der Waals surface area (Å²) in [6.07, 6.45) is 5.33. The minimum Gasteiger partial charge on any atom is -0.327 e. The van der Waals surface area contributed by atoms with Crippen LogP contribution in [0.15, 0.2) is 41.6 Å². The highest BCUT2D eigenvalue weighted by molar-refractivity contribution is 5.91. The third-order valence-electron chi connectivity index (χ3n) is 2.88. The number of pyridine rings is 2. The largest absolute Gasteiger partial charge is 0.327 e. The second-order valence-corrected chi connectivity index (χ2v) is 6.15. The Bertz CT molecular complexity index is 685. The molecule has 0 unspecified atom stereocenters. The number of hydrogen-bond acceptors (Lipinski definition) is 3. The van der Waals surface area contributed by atoms with E-state index in [4.69, 9.17) is 0 Å². The van der Waals surface area contributed by atoms with E-state index in [0.717, 1.165) is 11.1 Å². The van der Waals surface area contributed by atoms with E-state index in [1.54, 1.807) is 24.7 Å². The van der Waals surface area contributed by atoms with Gasteiger partial charge >= 0.3 is 0 Å². The molecule has 5 heteroatoms. The van der Waals surface area contributed by atoms with Gasteiger partial charge < -0.3 is 10.3 Å². The van der Waals surface area contributed by atoms with Gasteiger partial charge in [-0.15, -0.1) is 0 Å². The van der Waals surface area contributed by atoms with Crippen LogP contribution in [0.2, 0.25) is 0 Å². The van der Waals surface area contributed by atoms with Crippen molar-refractivity contribution in [3.63, 3.8) is 0 Å². The lowest BCUT2D eigenvalue weighted by Crippen LogP contribution is -2.23. The average molecular weight is 285 g/mol. The lowest BCUT2D eigenvalue weighted by Gasteiger charge is -2.17. The van der Waals surface area contributed by atoms with Crippen LogP contribution in [-0.2, 0) is 4.79 Å². The summed E-state index contributed by atoms with van der Waals surface area (Å²) in [5.41, 5.74) is 1.57. The molecule has 0 saturated heterocycles. The van der Waals surface area contributed by atoms with Crippen molar-refractivity contribution >= 4 is 11.6 Å². The Morgan fingerprint density at radius 3 is 2.52 bits per heavy atom. The highest BCUT2D eigenvalue weighted by Gasteiger charge is 2.17. The van der Waals surface area contributed by atoms with Gasteiger partial charge in [0.15, 0.2) is 0 Å². The molecule has 0 saturated carbocycles. The summed E-state index contributed by atoms with van der Waals surface area (Å²) < 4.78 is 0. The normalized spacial score (nSPS) is 11.2. The zero-order chi connectivity index (χ0) is 15.5. The molecule has 110 valence electrons. The number of anilines is 1. The molecule has 0 radical (unpaired) electrons. The van der Waals surface area contributed by atoms with Crippen LogP contribution in [-0.4, -0.2) is 15.9 Å². The summed E-state index contributed by atoms with van der Waals surface area (Å²) in [7, 11) is 0. The quantitative estimate of drug-likeness (QED) is 0.910. The lowest BCUT2D eigenvalue weighted by atomic mass is 9.92. The fraction of sp³-hybridized carbons (Fsp3) is 0.312. The van der Waals surface area contributed by atoms with Crippen LogP contribution in [0.5, 0.6) is 0 Å². The summed E-state index contributed by atoms with van der Waals surface area (Å²) in [6.45, 7) is 5.93. The van der Waals surface area contributed by atoms with E-state index >= 15 is 0 Å². The number of carbonyl (C=O) groups is 1. The molecule has 0 aromatic carbocycles. The van der Waals surface area contributed by atoms with E-state index in [-0.39, 0.29) is 22.6 Å². The molecule has 5 nitrogen and oxygen atoms in total. The van der Waals surface area contributed by atoms with Gasteiger partial charge in [0.2, 0.25) is 5.91 Å².